The summed E-state index contributed by atoms with van der Waals surface area (Å²) in [6.07, 6.45) is 4.62. The predicted octanol–water partition coefficient (Wildman–Crippen LogP) is 6.15. The quantitative estimate of drug-likeness (QED) is 0.428. The SMILES string of the molecule is C[Si](C)(/C=C/c1cccc(/C=C/[Si](C)(C)c2cccs2)c1)c1cccs1. The summed E-state index contributed by atoms with van der Waals surface area (Å²) in [7, 11) is -2.97. The van der Waals surface area contributed by atoms with Crippen LogP contribution in [0.4, 0.5) is 0 Å². The molecular formula is C22H26S2Si2. The monoisotopic (exact) mass is 410 g/mol. The molecule has 2 heterocycles. The highest BCUT2D eigenvalue weighted by atomic mass is 32.1. The molecule has 0 spiro atoms. The van der Waals surface area contributed by atoms with Crippen LogP contribution in [0.15, 0.2) is 70.7 Å². The number of thiophene rings is 2. The average Bonchev–Trinajstić information content (AvgIpc) is 3.32. The third-order valence-corrected chi connectivity index (χ3v) is 14.7. The fourth-order valence-electron chi connectivity index (χ4n) is 2.83. The Labute approximate surface area is 167 Å². The Balaban J connectivity index is 1.76. The second-order valence-corrected chi connectivity index (χ2v) is 19.0. The average molecular weight is 411 g/mol. The van der Waals surface area contributed by atoms with Gasteiger partial charge in [-0.1, -0.05) is 92.2 Å². The van der Waals surface area contributed by atoms with E-state index in [2.05, 4.69) is 109 Å². The largest absolute Gasteiger partial charge is 0.153 e. The molecule has 0 N–H and O–H groups in total. The first-order chi connectivity index (χ1) is 12.4. The van der Waals surface area contributed by atoms with Crippen LogP contribution in [0.5, 0.6) is 0 Å². The highest BCUT2D eigenvalue weighted by molar-refractivity contribution is 7.26. The predicted molar refractivity (Wildman–Crippen MR) is 127 cm³/mol. The van der Waals surface area contributed by atoms with Gasteiger partial charge in [-0.25, -0.2) is 0 Å². The van der Waals surface area contributed by atoms with E-state index in [0.717, 1.165) is 0 Å². The van der Waals surface area contributed by atoms with Crippen molar-refractivity contribution in [1.82, 2.24) is 0 Å². The Morgan fingerprint density at radius 1 is 0.654 bits per heavy atom. The van der Waals surface area contributed by atoms with Crippen molar-refractivity contribution in [2.75, 3.05) is 0 Å². The molecule has 4 heteroatoms. The van der Waals surface area contributed by atoms with E-state index in [0.29, 0.717) is 0 Å². The second-order valence-electron chi connectivity index (χ2n) is 7.73. The molecule has 0 aliphatic carbocycles. The maximum absolute atomic E-state index is 2.45. The lowest BCUT2D eigenvalue weighted by Crippen LogP contribution is -2.37. The maximum Gasteiger partial charge on any atom is 0.117 e. The van der Waals surface area contributed by atoms with Gasteiger partial charge in [0.2, 0.25) is 0 Å². The molecule has 0 aliphatic heterocycles. The van der Waals surface area contributed by atoms with Crippen molar-refractivity contribution in [1.29, 1.82) is 0 Å². The van der Waals surface area contributed by atoms with E-state index in [9.17, 15) is 0 Å². The molecule has 1 aromatic carbocycles. The Kier molecular flexibility index (Phi) is 5.97. The first-order valence-electron chi connectivity index (χ1n) is 8.93. The van der Waals surface area contributed by atoms with Crippen LogP contribution in [0.1, 0.15) is 11.1 Å². The molecule has 2 aromatic heterocycles. The van der Waals surface area contributed by atoms with Gasteiger partial charge in [-0.05, 0) is 37.0 Å². The number of rotatable bonds is 6. The van der Waals surface area contributed by atoms with Crippen LogP contribution in [0.25, 0.3) is 12.2 Å². The third kappa shape index (κ3) is 4.83. The molecule has 0 nitrogen and oxygen atoms in total. The van der Waals surface area contributed by atoms with Crippen molar-refractivity contribution >= 4 is 60.0 Å². The Morgan fingerprint density at radius 3 is 1.50 bits per heavy atom. The van der Waals surface area contributed by atoms with Gasteiger partial charge in [0.05, 0.1) is 0 Å². The van der Waals surface area contributed by atoms with Gasteiger partial charge in [0, 0.05) is 0 Å². The lowest BCUT2D eigenvalue weighted by Gasteiger charge is -2.15. The summed E-state index contributed by atoms with van der Waals surface area (Å²) in [5.41, 5.74) is 7.48. The molecule has 0 unspecified atom stereocenters. The Bertz CT molecular complexity index is 815. The van der Waals surface area contributed by atoms with Gasteiger partial charge < -0.3 is 0 Å². The highest BCUT2D eigenvalue weighted by Gasteiger charge is 2.21. The van der Waals surface area contributed by atoms with Gasteiger partial charge in [0.15, 0.2) is 0 Å². The van der Waals surface area contributed by atoms with Crippen molar-refractivity contribution < 1.29 is 0 Å². The van der Waals surface area contributed by atoms with Crippen LogP contribution in [0, 0.1) is 0 Å². The second kappa shape index (κ2) is 8.05. The Morgan fingerprint density at radius 2 is 1.12 bits per heavy atom. The van der Waals surface area contributed by atoms with Crippen LogP contribution < -0.4 is 9.00 Å². The van der Waals surface area contributed by atoms with E-state index in [1.807, 2.05) is 22.7 Å². The maximum atomic E-state index is 2.45. The van der Waals surface area contributed by atoms with Crippen molar-refractivity contribution in [2.24, 2.45) is 0 Å². The molecule has 0 atom stereocenters. The zero-order valence-corrected chi connectivity index (χ0v) is 19.5. The molecule has 0 aliphatic rings. The number of hydrogen-bond donors (Lipinski definition) is 0. The minimum Gasteiger partial charge on any atom is -0.153 e. The summed E-state index contributed by atoms with van der Waals surface area (Å²) >= 11 is 3.77. The lowest BCUT2D eigenvalue weighted by molar-refractivity contribution is 1.62. The standard InChI is InChI=1S/C22H26S2Si2/c1-25(2,21-10-6-14-23-21)16-12-19-8-5-9-20(18-19)13-17-26(3,4)22-11-7-15-24-22/h5-18H,1-4H3/b16-12+,17-13+. The fraction of sp³-hybridized carbons (Fsp3) is 0.182. The van der Waals surface area contributed by atoms with E-state index < -0.39 is 16.1 Å². The lowest BCUT2D eigenvalue weighted by atomic mass is 10.1. The molecule has 0 bridgehead atoms. The van der Waals surface area contributed by atoms with E-state index in [4.69, 9.17) is 0 Å². The third-order valence-electron chi connectivity index (χ3n) is 4.61. The normalized spacial score (nSPS) is 13.1. The molecule has 0 radical (unpaired) electrons. The Hall–Kier alpha value is -1.47. The van der Waals surface area contributed by atoms with Crippen molar-refractivity contribution in [3.05, 3.63) is 81.8 Å². The first kappa shape index (κ1) is 19.3. The van der Waals surface area contributed by atoms with Gasteiger partial charge in [-0.15, -0.1) is 0 Å². The van der Waals surface area contributed by atoms with Gasteiger partial charge >= 0.3 is 0 Å². The molecule has 0 saturated heterocycles. The zero-order chi connectivity index (χ0) is 18.6. The van der Waals surface area contributed by atoms with E-state index >= 15 is 0 Å². The smallest absolute Gasteiger partial charge is 0.117 e. The molecule has 0 saturated carbocycles. The minimum atomic E-state index is -1.48. The van der Waals surface area contributed by atoms with Crippen molar-refractivity contribution in [3.8, 4) is 0 Å². The van der Waals surface area contributed by atoms with E-state index in [1.54, 1.807) is 0 Å². The summed E-state index contributed by atoms with van der Waals surface area (Å²) in [6, 6.07) is 17.7. The fourth-order valence-corrected chi connectivity index (χ4v) is 9.60. The highest BCUT2D eigenvalue weighted by Crippen LogP contribution is 2.16. The van der Waals surface area contributed by atoms with Crippen LogP contribution in [-0.2, 0) is 0 Å². The van der Waals surface area contributed by atoms with Gasteiger partial charge in [0.1, 0.15) is 16.1 Å². The molecule has 0 fully saturated rings. The van der Waals surface area contributed by atoms with Crippen LogP contribution in [0.3, 0.4) is 0 Å². The number of hydrogen-bond acceptors (Lipinski definition) is 2. The zero-order valence-electron chi connectivity index (χ0n) is 15.9. The summed E-state index contributed by atoms with van der Waals surface area (Å²) < 4.78 is 3.07. The van der Waals surface area contributed by atoms with E-state index in [-0.39, 0.29) is 0 Å². The topological polar surface area (TPSA) is 0 Å². The summed E-state index contributed by atoms with van der Waals surface area (Å²) in [5, 5.41) is 4.37. The van der Waals surface area contributed by atoms with Crippen molar-refractivity contribution in [3.63, 3.8) is 0 Å². The van der Waals surface area contributed by atoms with Crippen LogP contribution in [0.2, 0.25) is 26.2 Å². The minimum absolute atomic E-state index is 1.29. The first-order valence-corrected chi connectivity index (χ1v) is 16.8. The van der Waals surface area contributed by atoms with E-state index in [1.165, 1.54) is 20.1 Å². The molecule has 3 aromatic rings. The summed E-state index contributed by atoms with van der Waals surface area (Å²) in [5.74, 6) is 0. The molecule has 26 heavy (non-hydrogen) atoms. The van der Waals surface area contributed by atoms with Crippen LogP contribution in [-0.4, -0.2) is 16.1 Å². The van der Waals surface area contributed by atoms with Gasteiger partial charge in [0.25, 0.3) is 0 Å². The molecular weight excluding hydrogens is 385 g/mol. The number of benzene rings is 1. The van der Waals surface area contributed by atoms with Gasteiger partial charge in [-0.2, -0.15) is 22.7 Å². The van der Waals surface area contributed by atoms with Crippen LogP contribution >= 0.6 is 22.7 Å². The molecule has 134 valence electrons. The molecule has 3 rings (SSSR count). The van der Waals surface area contributed by atoms with Gasteiger partial charge in [-0.3, -0.25) is 0 Å². The van der Waals surface area contributed by atoms with Crippen molar-refractivity contribution in [2.45, 2.75) is 26.2 Å². The molecule has 0 amide bonds. The summed E-state index contributed by atoms with van der Waals surface area (Å²) in [6.45, 7) is 9.64. The summed E-state index contributed by atoms with van der Waals surface area (Å²) in [4.78, 5) is 0.